The SMILES string of the molecule is O=C(Nc1ccc(F)cc1)C1(C(=O)Nc2ccc(O)c(Cl)c2)CC1. The van der Waals surface area contributed by atoms with Crippen LogP contribution in [0.1, 0.15) is 12.8 Å². The summed E-state index contributed by atoms with van der Waals surface area (Å²) in [6.45, 7) is 0. The highest BCUT2D eigenvalue weighted by Gasteiger charge is 2.56. The highest BCUT2D eigenvalue weighted by atomic mass is 35.5. The van der Waals surface area contributed by atoms with Crippen molar-refractivity contribution in [1.29, 1.82) is 0 Å². The second kappa shape index (κ2) is 6.13. The minimum absolute atomic E-state index is 0.0927. The van der Waals surface area contributed by atoms with Crippen molar-refractivity contribution >= 4 is 34.8 Å². The van der Waals surface area contributed by atoms with Gasteiger partial charge in [0.25, 0.3) is 0 Å². The first-order valence-corrected chi connectivity index (χ1v) is 7.65. The number of amides is 2. The Morgan fingerprint density at radius 3 is 2.08 bits per heavy atom. The van der Waals surface area contributed by atoms with Crippen LogP contribution in [0, 0.1) is 11.2 Å². The molecule has 0 bridgehead atoms. The number of benzene rings is 2. The second-order valence-corrected chi connectivity index (χ2v) is 6.07. The molecule has 2 aromatic carbocycles. The van der Waals surface area contributed by atoms with Gasteiger partial charge in [0.1, 0.15) is 17.0 Å². The van der Waals surface area contributed by atoms with Crippen LogP contribution >= 0.6 is 11.6 Å². The molecule has 124 valence electrons. The first-order valence-electron chi connectivity index (χ1n) is 7.28. The van der Waals surface area contributed by atoms with Gasteiger partial charge >= 0.3 is 0 Å². The maximum Gasteiger partial charge on any atom is 0.240 e. The number of carbonyl (C=O) groups excluding carboxylic acids is 2. The molecule has 0 atom stereocenters. The third kappa shape index (κ3) is 3.19. The van der Waals surface area contributed by atoms with E-state index in [1.807, 2.05) is 0 Å². The lowest BCUT2D eigenvalue weighted by atomic mass is 10.0. The molecule has 0 saturated heterocycles. The number of hydrogen-bond acceptors (Lipinski definition) is 3. The van der Waals surface area contributed by atoms with Gasteiger partial charge in [-0.05, 0) is 55.3 Å². The van der Waals surface area contributed by atoms with Crippen LogP contribution in [0.25, 0.3) is 0 Å². The van der Waals surface area contributed by atoms with E-state index in [4.69, 9.17) is 11.6 Å². The minimum Gasteiger partial charge on any atom is -0.506 e. The van der Waals surface area contributed by atoms with E-state index in [2.05, 4.69) is 10.6 Å². The third-order valence-corrected chi connectivity index (χ3v) is 4.23. The number of carbonyl (C=O) groups is 2. The summed E-state index contributed by atoms with van der Waals surface area (Å²) >= 11 is 5.80. The Labute approximate surface area is 142 Å². The van der Waals surface area contributed by atoms with Gasteiger partial charge in [0.2, 0.25) is 11.8 Å². The van der Waals surface area contributed by atoms with Crippen LogP contribution in [0.2, 0.25) is 5.02 Å². The number of halogens is 2. The number of aromatic hydroxyl groups is 1. The van der Waals surface area contributed by atoms with Crippen LogP contribution < -0.4 is 10.6 Å². The lowest BCUT2D eigenvalue weighted by Crippen LogP contribution is -2.35. The molecule has 3 N–H and O–H groups in total. The number of phenolic OH excluding ortho intramolecular Hbond substituents is 1. The van der Waals surface area contributed by atoms with E-state index in [0.717, 1.165) is 0 Å². The Balaban J connectivity index is 1.70. The smallest absolute Gasteiger partial charge is 0.240 e. The molecule has 7 heteroatoms. The van der Waals surface area contributed by atoms with E-state index in [-0.39, 0.29) is 10.8 Å². The van der Waals surface area contributed by atoms with Gasteiger partial charge in [0.15, 0.2) is 0 Å². The van der Waals surface area contributed by atoms with Gasteiger partial charge in [-0.25, -0.2) is 4.39 Å². The van der Waals surface area contributed by atoms with Crippen molar-refractivity contribution < 1.29 is 19.1 Å². The summed E-state index contributed by atoms with van der Waals surface area (Å²) in [7, 11) is 0. The lowest BCUT2D eigenvalue weighted by molar-refractivity contribution is -0.131. The fraction of sp³-hybridized carbons (Fsp3) is 0.176. The van der Waals surface area contributed by atoms with E-state index in [1.54, 1.807) is 0 Å². The van der Waals surface area contributed by atoms with Crippen molar-refractivity contribution in [3.05, 3.63) is 53.3 Å². The topological polar surface area (TPSA) is 78.4 Å². The molecular formula is C17H14ClFN2O3. The summed E-state index contributed by atoms with van der Waals surface area (Å²) in [6, 6.07) is 9.58. The van der Waals surface area contributed by atoms with E-state index in [0.29, 0.717) is 24.2 Å². The lowest BCUT2D eigenvalue weighted by Gasteiger charge is -2.15. The monoisotopic (exact) mass is 348 g/mol. The average molecular weight is 349 g/mol. The van der Waals surface area contributed by atoms with E-state index in [1.165, 1.54) is 42.5 Å². The van der Waals surface area contributed by atoms with Crippen LogP contribution in [0.3, 0.4) is 0 Å². The molecule has 0 spiro atoms. The summed E-state index contributed by atoms with van der Waals surface area (Å²) in [5, 5.41) is 14.8. The van der Waals surface area contributed by atoms with Crippen molar-refractivity contribution in [2.24, 2.45) is 5.41 Å². The standard InChI is InChI=1S/C17H14ClFN2O3/c18-13-9-12(5-6-14(13)22)21-16(24)17(7-8-17)15(23)20-11-3-1-10(19)2-4-11/h1-6,9,22H,7-8H2,(H,20,23)(H,21,24). The van der Waals surface area contributed by atoms with Crippen molar-refractivity contribution in [2.45, 2.75) is 12.8 Å². The van der Waals surface area contributed by atoms with E-state index < -0.39 is 23.0 Å². The number of anilines is 2. The zero-order chi connectivity index (χ0) is 17.3. The Kier molecular flexibility index (Phi) is 4.15. The van der Waals surface area contributed by atoms with Crippen molar-refractivity contribution in [2.75, 3.05) is 10.6 Å². The van der Waals surface area contributed by atoms with Crippen LogP contribution in [-0.4, -0.2) is 16.9 Å². The first-order chi connectivity index (χ1) is 11.4. The molecule has 2 amide bonds. The zero-order valence-corrected chi connectivity index (χ0v) is 13.2. The van der Waals surface area contributed by atoms with Gasteiger partial charge in [0.05, 0.1) is 5.02 Å². The van der Waals surface area contributed by atoms with Gasteiger partial charge in [0, 0.05) is 11.4 Å². The average Bonchev–Trinajstić information content (AvgIpc) is 3.35. The molecule has 1 aliphatic rings. The molecule has 24 heavy (non-hydrogen) atoms. The quantitative estimate of drug-likeness (QED) is 0.584. The molecule has 0 unspecified atom stereocenters. The highest BCUT2D eigenvalue weighted by molar-refractivity contribution is 6.32. The Morgan fingerprint density at radius 1 is 1.00 bits per heavy atom. The molecule has 0 heterocycles. The maximum atomic E-state index is 12.9. The molecule has 2 aromatic rings. The number of phenols is 1. The van der Waals surface area contributed by atoms with Crippen molar-refractivity contribution in [3.8, 4) is 5.75 Å². The molecule has 1 aliphatic carbocycles. The maximum absolute atomic E-state index is 12.9. The highest BCUT2D eigenvalue weighted by Crippen LogP contribution is 2.47. The normalized spacial score (nSPS) is 14.8. The first kappa shape index (κ1) is 16.3. The van der Waals surface area contributed by atoms with Gasteiger partial charge in [-0.2, -0.15) is 0 Å². The van der Waals surface area contributed by atoms with Crippen molar-refractivity contribution in [3.63, 3.8) is 0 Å². The second-order valence-electron chi connectivity index (χ2n) is 5.66. The van der Waals surface area contributed by atoms with Crippen LogP contribution in [-0.2, 0) is 9.59 Å². The summed E-state index contributed by atoms with van der Waals surface area (Å²) in [5.74, 6) is -1.37. The summed E-state index contributed by atoms with van der Waals surface area (Å²) in [5.41, 5.74) is -0.324. The minimum atomic E-state index is -1.14. The molecule has 0 aliphatic heterocycles. The Morgan fingerprint density at radius 2 is 1.54 bits per heavy atom. The molecule has 3 rings (SSSR count). The third-order valence-electron chi connectivity index (χ3n) is 3.93. The number of rotatable bonds is 4. The largest absolute Gasteiger partial charge is 0.506 e. The van der Waals surface area contributed by atoms with Gasteiger partial charge < -0.3 is 15.7 Å². The summed E-state index contributed by atoms with van der Waals surface area (Å²) in [6.07, 6.45) is 0.857. The molecule has 1 fully saturated rings. The molecule has 0 radical (unpaired) electrons. The molecule has 5 nitrogen and oxygen atoms in total. The Bertz CT molecular complexity index is 804. The molecule has 1 saturated carbocycles. The van der Waals surface area contributed by atoms with Gasteiger partial charge in [-0.1, -0.05) is 11.6 Å². The molecular weight excluding hydrogens is 335 g/mol. The van der Waals surface area contributed by atoms with Crippen LogP contribution in [0.4, 0.5) is 15.8 Å². The predicted molar refractivity (Wildman–Crippen MR) is 88.4 cm³/mol. The molecule has 0 aromatic heterocycles. The Hall–Kier alpha value is -2.60. The van der Waals surface area contributed by atoms with Gasteiger partial charge in [-0.3, -0.25) is 9.59 Å². The van der Waals surface area contributed by atoms with Crippen molar-refractivity contribution in [1.82, 2.24) is 0 Å². The van der Waals surface area contributed by atoms with E-state index >= 15 is 0 Å². The fourth-order valence-corrected chi connectivity index (χ4v) is 2.48. The zero-order valence-electron chi connectivity index (χ0n) is 12.5. The van der Waals surface area contributed by atoms with Crippen LogP contribution in [0.15, 0.2) is 42.5 Å². The summed E-state index contributed by atoms with van der Waals surface area (Å²) < 4.78 is 12.9. The van der Waals surface area contributed by atoms with Crippen LogP contribution in [0.5, 0.6) is 5.75 Å². The van der Waals surface area contributed by atoms with Gasteiger partial charge in [-0.15, -0.1) is 0 Å². The summed E-state index contributed by atoms with van der Waals surface area (Å²) in [4.78, 5) is 24.8. The predicted octanol–water partition coefficient (Wildman–Crippen LogP) is 3.54. The fourth-order valence-electron chi connectivity index (χ4n) is 2.30. The number of hydrogen-bond donors (Lipinski definition) is 3. The number of nitrogens with one attached hydrogen (secondary N) is 2. The van der Waals surface area contributed by atoms with E-state index in [9.17, 15) is 19.1 Å².